The van der Waals surface area contributed by atoms with Crippen LogP contribution in [0.4, 0.5) is 0 Å². The predicted molar refractivity (Wildman–Crippen MR) is 51.0 cm³/mol. The minimum absolute atomic E-state index is 0.132. The molecule has 8 heteroatoms. The summed E-state index contributed by atoms with van der Waals surface area (Å²) in [4.78, 5) is 29.2. The fraction of sp³-hybridized carbons (Fsp3) is 0.571. The molecule has 0 radical (unpaired) electrons. The van der Waals surface area contributed by atoms with Crippen LogP contribution in [0.5, 0.6) is 0 Å². The Balaban J connectivity index is 0. The highest BCUT2D eigenvalue weighted by Crippen LogP contribution is 1.71. The molecule has 0 aromatic rings. The van der Waals surface area contributed by atoms with Crippen molar-refractivity contribution in [1.82, 2.24) is 5.32 Å². The summed E-state index contributed by atoms with van der Waals surface area (Å²) >= 11 is 0. The maximum absolute atomic E-state index is 10.1. The van der Waals surface area contributed by atoms with Crippen LogP contribution >= 0.6 is 0 Å². The molecule has 0 aromatic heterocycles. The molecule has 0 aromatic carbocycles. The van der Waals surface area contributed by atoms with Crippen LogP contribution in [0.3, 0.4) is 0 Å². The van der Waals surface area contributed by atoms with Crippen molar-refractivity contribution in [3.63, 3.8) is 0 Å². The maximum Gasteiger partial charge on any atom is 0.317 e. The fourth-order valence-corrected chi connectivity index (χ4v) is 0.407. The molecular weight excluding hydrogens is 206 g/mol. The quantitative estimate of drug-likeness (QED) is 0.312. The first-order valence-electron chi connectivity index (χ1n) is 4.02. The fourth-order valence-electron chi connectivity index (χ4n) is 0.407. The standard InChI is InChI=1S/C5H10N2O3.C2H5NO2/c6-4(8)1-2-7-3-5(9)10;3-1-2(4)5/h7H,1-3H2,(H2,6,8)(H,9,10);1,3H2,(H,4,5). The van der Waals surface area contributed by atoms with E-state index in [2.05, 4.69) is 11.1 Å². The SMILES string of the molecule is NC(=O)CCNCC(=O)O.NCC(=O)O. The van der Waals surface area contributed by atoms with Gasteiger partial charge in [0.1, 0.15) is 0 Å². The Morgan fingerprint density at radius 1 is 1.13 bits per heavy atom. The summed E-state index contributed by atoms with van der Waals surface area (Å²) in [6.45, 7) is -0.0884. The Labute approximate surface area is 86.2 Å². The van der Waals surface area contributed by atoms with E-state index in [1.807, 2.05) is 0 Å². The average molecular weight is 221 g/mol. The molecule has 0 fully saturated rings. The summed E-state index contributed by atoms with van der Waals surface area (Å²) in [6, 6.07) is 0. The number of rotatable bonds is 6. The van der Waals surface area contributed by atoms with Crippen LogP contribution in [0, 0.1) is 0 Å². The molecule has 0 aliphatic carbocycles. The molecule has 1 amide bonds. The molecule has 0 rings (SSSR count). The Kier molecular flexibility index (Phi) is 11.0. The Morgan fingerprint density at radius 3 is 1.87 bits per heavy atom. The topological polar surface area (TPSA) is 156 Å². The number of hydrogen-bond donors (Lipinski definition) is 5. The van der Waals surface area contributed by atoms with Gasteiger partial charge in [-0.2, -0.15) is 0 Å². The number of aliphatic carboxylic acids is 2. The molecule has 8 nitrogen and oxygen atoms in total. The van der Waals surface area contributed by atoms with Crippen LogP contribution in [-0.4, -0.2) is 47.7 Å². The summed E-state index contributed by atoms with van der Waals surface area (Å²) in [5, 5.41) is 18.2. The van der Waals surface area contributed by atoms with Gasteiger partial charge in [0.2, 0.25) is 5.91 Å². The van der Waals surface area contributed by atoms with E-state index in [9.17, 15) is 14.4 Å². The first kappa shape index (κ1) is 15.8. The van der Waals surface area contributed by atoms with E-state index >= 15 is 0 Å². The predicted octanol–water partition coefficient (Wildman–Crippen LogP) is -2.43. The maximum atomic E-state index is 10.1. The molecule has 0 bridgehead atoms. The van der Waals surface area contributed by atoms with E-state index in [1.165, 1.54) is 0 Å². The Hall–Kier alpha value is -1.67. The molecule has 0 aliphatic heterocycles. The molecule has 15 heavy (non-hydrogen) atoms. The van der Waals surface area contributed by atoms with Gasteiger partial charge < -0.3 is 27.0 Å². The first-order valence-corrected chi connectivity index (χ1v) is 4.02. The molecule has 88 valence electrons. The lowest BCUT2D eigenvalue weighted by Crippen LogP contribution is -2.26. The highest BCUT2D eigenvalue weighted by atomic mass is 16.4. The van der Waals surface area contributed by atoms with E-state index < -0.39 is 17.8 Å². The van der Waals surface area contributed by atoms with Gasteiger partial charge in [0, 0.05) is 13.0 Å². The van der Waals surface area contributed by atoms with Gasteiger partial charge in [0.25, 0.3) is 0 Å². The zero-order valence-corrected chi connectivity index (χ0v) is 8.10. The van der Waals surface area contributed by atoms with Crippen molar-refractivity contribution < 1.29 is 24.6 Å². The van der Waals surface area contributed by atoms with Crippen molar-refractivity contribution in [3.8, 4) is 0 Å². The Morgan fingerprint density at radius 2 is 1.60 bits per heavy atom. The van der Waals surface area contributed by atoms with E-state index in [4.69, 9.17) is 15.9 Å². The first-order chi connectivity index (χ1) is 6.90. The second kappa shape index (κ2) is 10.4. The number of hydrogen-bond acceptors (Lipinski definition) is 5. The number of carboxylic acid groups (broad SMARTS) is 2. The van der Waals surface area contributed by atoms with Crippen LogP contribution in [0.1, 0.15) is 6.42 Å². The summed E-state index contributed by atoms with van der Waals surface area (Å²) < 4.78 is 0. The third-order valence-electron chi connectivity index (χ3n) is 0.999. The number of carbonyl (C=O) groups is 3. The van der Waals surface area contributed by atoms with Crippen LogP contribution in [0.2, 0.25) is 0 Å². The number of nitrogens with one attached hydrogen (secondary N) is 1. The summed E-state index contributed by atoms with van der Waals surface area (Å²) in [6.07, 6.45) is 0.174. The zero-order valence-electron chi connectivity index (χ0n) is 8.10. The van der Waals surface area contributed by atoms with Crippen molar-refractivity contribution in [3.05, 3.63) is 0 Å². The molecule has 0 saturated heterocycles. The highest BCUT2D eigenvalue weighted by Gasteiger charge is 1.96. The molecule has 0 spiro atoms. The largest absolute Gasteiger partial charge is 0.480 e. The van der Waals surface area contributed by atoms with Gasteiger partial charge in [-0.3, -0.25) is 14.4 Å². The zero-order chi connectivity index (χ0) is 12.3. The minimum atomic E-state index is -0.968. The second-order valence-electron chi connectivity index (χ2n) is 2.38. The van der Waals surface area contributed by atoms with E-state index in [1.54, 1.807) is 0 Å². The third kappa shape index (κ3) is 24.5. The van der Waals surface area contributed by atoms with Gasteiger partial charge in [0.05, 0.1) is 13.1 Å². The number of carbonyl (C=O) groups excluding carboxylic acids is 1. The smallest absolute Gasteiger partial charge is 0.317 e. The number of primary amides is 1. The van der Waals surface area contributed by atoms with E-state index in [0.717, 1.165) is 0 Å². The van der Waals surface area contributed by atoms with Crippen molar-refractivity contribution in [2.24, 2.45) is 11.5 Å². The van der Waals surface area contributed by atoms with Gasteiger partial charge in [-0.1, -0.05) is 0 Å². The van der Waals surface area contributed by atoms with E-state index in [-0.39, 0.29) is 19.5 Å². The summed E-state index contributed by atoms with van der Waals surface area (Å²) in [5.41, 5.74) is 9.35. The van der Waals surface area contributed by atoms with Gasteiger partial charge in [-0.25, -0.2) is 0 Å². The number of amides is 1. The molecule has 0 aliphatic rings. The lowest BCUT2D eigenvalue weighted by Gasteiger charge is -1.96. The monoisotopic (exact) mass is 221 g/mol. The molecular formula is C7H15N3O5. The van der Waals surface area contributed by atoms with Gasteiger partial charge in [0.15, 0.2) is 0 Å². The van der Waals surface area contributed by atoms with Gasteiger partial charge in [-0.15, -0.1) is 0 Å². The van der Waals surface area contributed by atoms with Crippen molar-refractivity contribution >= 4 is 17.8 Å². The molecule has 0 unspecified atom stereocenters. The van der Waals surface area contributed by atoms with Crippen molar-refractivity contribution in [2.45, 2.75) is 6.42 Å². The minimum Gasteiger partial charge on any atom is -0.480 e. The van der Waals surface area contributed by atoms with Crippen LogP contribution in [0.15, 0.2) is 0 Å². The Bertz CT molecular complexity index is 203. The lowest BCUT2D eigenvalue weighted by molar-refractivity contribution is -0.136. The average Bonchev–Trinajstić information content (AvgIpc) is 2.13. The van der Waals surface area contributed by atoms with Crippen LogP contribution in [0.25, 0.3) is 0 Å². The van der Waals surface area contributed by atoms with Crippen molar-refractivity contribution in [1.29, 1.82) is 0 Å². The number of carboxylic acids is 2. The molecule has 7 N–H and O–H groups in total. The van der Waals surface area contributed by atoms with Crippen LogP contribution < -0.4 is 16.8 Å². The van der Waals surface area contributed by atoms with Crippen LogP contribution in [-0.2, 0) is 14.4 Å². The van der Waals surface area contributed by atoms with Crippen molar-refractivity contribution in [2.75, 3.05) is 19.6 Å². The van der Waals surface area contributed by atoms with Gasteiger partial charge >= 0.3 is 11.9 Å². The molecule has 0 saturated carbocycles. The highest BCUT2D eigenvalue weighted by molar-refractivity contribution is 5.74. The third-order valence-corrected chi connectivity index (χ3v) is 0.999. The lowest BCUT2D eigenvalue weighted by atomic mass is 10.4. The second-order valence-corrected chi connectivity index (χ2v) is 2.38. The normalized spacial score (nSPS) is 8.60. The molecule has 0 atom stereocenters. The summed E-state index contributed by atoms with van der Waals surface area (Å²) in [7, 11) is 0. The number of nitrogens with two attached hydrogens (primary N) is 2. The van der Waals surface area contributed by atoms with E-state index in [0.29, 0.717) is 6.54 Å². The molecule has 0 heterocycles. The summed E-state index contributed by atoms with van der Waals surface area (Å²) in [5.74, 6) is -2.34. The van der Waals surface area contributed by atoms with Gasteiger partial charge in [-0.05, 0) is 0 Å².